The fraction of sp³-hybridized carbons (Fsp3) is 0.700. The smallest absolute Gasteiger partial charge is 0.0406 e. The van der Waals surface area contributed by atoms with Crippen LogP contribution in [0.5, 0.6) is 0 Å². The third-order valence-electron chi connectivity index (χ3n) is 6.34. The van der Waals surface area contributed by atoms with Crippen LogP contribution < -0.4 is 0 Å². The molecule has 3 aliphatic rings. The highest BCUT2D eigenvalue weighted by molar-refractivity contribution is 6.30. The monoisotopic (exact) mass is 332 g/mol. The Morgan fingerprint density at radius 2 is 1.65 bits per heavy atom. The van der Waals surface area contributed by atoms with Crippen LogP contribution in [-0.2, 0) is 6.54 Å². The minimum absolute atomic E-state index is 0.780. The molecule has 23 heavy (non-hydrogen) atoms. The fourth-order valence-corrected chi connectivity index (χ4v) is 5.39. The molecule has 3 heteroatoms. The second-order valence-corrected chi connectivity index (χ2v) is 8.17. The number of nitrogens with zero attached hydrogens (tertiary/aromatic N) is 2. The summed E-state index contributed by atoms with van der Waals surface area (Å²) in [6.07, 6.45) is 10.1. The zero-order chi connectivity index (χ0) is 15.6. The van der Waals surface area contributed by atoms with Gasteiger partial charge < -0.3 is 0 Å². The van der Waals surface area contributed by atoms with E-state index in [-0.39, 0.29) is 0 Å². The van der Waals surface area contributed by atoms with Crippen LogP contribution >= 0.6 is 11.6 Å². The zero-order valence-electron chi connectivity index (χ0n) is 14.1. The summed E-state index contributed by atoms with van der Waals surface area (Å²) >= 11 is 6.06. The minimum Gasteiger partial charge on any atom is -0.298 e. The van der Waals surface area contributed by atoms with Gasteiger partial charge in [0.2, 0.25) is 0 Å². The molecule has 4 rings (SSSR count). The van der Waals surface area contributed by atoms with E-state index < -0.39 is 0 Å². The molecule has 0 amide bonds. The van der Waals surface area contributed by atoms with Gasteiger partial charge in [0.15, 0.2) is 0 Å². The topological polar surface area (TPSA) is 6.48 Å². The van der Waals surface area contributed by atoms with Crippen molar-refractivity contribution in [2.75, 3.05) is 19.6 Å². The van der Waals surface area contributed by atoms with Gasteiger partial charge in [-0.15, -0.1) is 0 Å². The normalized spacial score (nSPS) is 30.5. The Bertz CT molecular complexity index is 509. The fourth-order valence-electron chi connectivity index (χ4n) is 5.26. The number of rotatable bonds is 3. The van der Waals surface area contributed by atoms with Gasteiger partial charge in [0.1, 0.15) is 0 Å². The molecule has 0 N–H and O–H groups in total. The lowest BCUT2D eigenvalue weighted by atomic mass is 9.78. The van der Waals surface area contributed by atoms with Gasteiger partial charge in [-0.3, -0.25) is 9.80 Å². The summed E-state index contributed by atoms with van der Waals surface area (Å²) in [5.74, 6) is 0.918. The molecule has 1 aromatic carbocycles. The average Bonchev–Trinajstić information content (AvgIpc) is 3.06. The van der Waals surface area contributed by atoms with Crippen LogP contribution in [-0.4, -0.2) is 41.5 Å². The third kappa shape index (κ3) is 3.45. The largest absolute Gasteiger partial charge is 0.298 e. The first-order chi connectivity index (χ1) is 11.3. The second kappa shape index (κ2) is 7.13. The van der Waals surface area contributed by atoms with E-state index in [1.807, 2.05) is 12.1 Å². The molecule has 2 nitrogen and oxygen atoms in total. The first-order valence-corrected chi connectivity index (χ1v) is 9.91. The number of hydrogen-bond donors (Lipinski definition) is 0. The molecule has 1 aliphatic carbocycles. The van der Waals surface area contributed by atoms with Crippen molar-refractivity contribution in [2.24, 2.45) is 5.92 Å². The van der Waals surface area contributed by atoms with Crippen LogP contribution in [0.4, 0.5) is 0 Å². The second-order valence-electron chi connectivity index (χ2n) is 7.73. The maximum Gasteiger partial charge on any atom is 0.0406 e. The molecule has 0 bridgehead atoms. The molecular formula is C20H29ClN2. The molecule has 0 radical (unpaired) electrons. The summed E-state index contributed by atoms with van der Waals surface area (Å²) in [7, 11) is 0. The number of halogens is 1. The van der Waals surface area contributed by atoms with Crippen LogP contribution in [0.1, 0.15) is 50.5 Å². The maximum atomic E-state index is 6.06. The molecule has 2 unspecified atom stereocenters. The molecule has 0 spiro atoms. The Labute approximate surface area is 145 Å². The highest BCUT2D eigenvalue weighted by Gasteiger charge is 2.42. The zero-order valence-corrected chi connectivity index (χ0v) is 14.8. The molecule has 2 heterocycles. The molecule has 2 atom stereocenters. The number of fused-ring (bicyclic) bond motifs is 1. The predicted molar refractivity (Wildman–Crippen MR) is 96.8 cm³/mol. The van der Waals surface area contributed by atoms with Crippen molar-refractivity contribution in [3.05, 3.63) is 34.9 Å². The van der Waals surface area contributed by atoms with Crippen molar-refractivity contribution in [3.8, 4) is 0 Å². The van der Waals surface area contributed by atoms with Crippen LogP contribution in [0.25, 0.3) is 0 Å². The average molecular weight is 333 g/mol. The number of benzene rings is 1. The first kappa shape index (κ1) is 15.9. The highest BCUT2D eigenvalue weighted by Crippen LogP contribution is 2.38. The number of hydrogen-bond acceptors (Lipinski definition) is 2. The van der Waals surface area contributed by atoms with Crippen LogP contribution in [0.2, 0.25) is 5.02 Å². The van der Waals surface area contributed by atoms with Crippen molar-refractivity contribution in [1.82, 2.24) is 9.80 Å². The molecule has 0 aromatic heterocycles. The third-order valence-corrected chi connectivity index (χ3v) is 6.59. The standard InChI is InChI=1S/C20H29ClN2/c21-18-10-8-16(9-11-18)15-23-14-13-22-12-4-7-19(22)20(23)17-5-2-1-3-6-17/h8-11,17,19-20H,1-7,12-15H2. The van der Waals surface area contributed by atoms with Gasteiger partial charge in [0.25, 0.3) is 0 Å². The summed E-state index contributed by atoms with van der Waals surface area (Å²) in [6.45, 7) is 4.94. The van der Waals surface area contributed by atoms with Crippen molar-refractivity contribution in [2.45, 2.75) is 63.6 Å². The highest BCUT2D eigenvalue weighted by atomic mass is 35.5. The van der Waals surface area contributed by atoms with E-state index in [2.05, 4.69) is 21.9 Å². The van der Waals surface area contributed by atoms with Gasteiger partial charge in [0, 0.05) is 36.7 Å². The maximum absolute atomic E-state index is 6.06. The summed E-state index contributed by atoms with van der Waals surface area (Å²) in [6, 6.07) is 10.1. The van der Waals surface area contributed by atoms with E-state index in [0.717, 1.165) is 29.6 Å². The van der Waals surface area contributed by atoms with E-state index in [4.69, 9.17) is 11.6 Å². The summed E-state index contributed by atoms with van der Waals surface area (Å²) in [5, 5.41) is 0.846. The van der Waals surface area contributed by atoms with E-state index >= 15 is 0 Å². The molecular weight excluding hydrogens is 304 g/mol. The van der Waals surface area contributed by atoms with E-state index in [1.54, 1.807) is 0 Å². The summed E-state index contributed by atoms with van der Waals surface area (Å²) < 4.78 is 0. The minimum atomic E-state index is 0.780. The molecule has 126 valence electrons. The Kier molecular flexibility index (Phi) is 4.93. The van der Waals surface area contributed by atoms with Gasteiger partial charge in [0.05, 0.1) is 0 Å². The van der Waals surface area contributed by atoms with Crippen LogP contribution in [0.3, 0.4) is 0 Å². The Morgan fingerprint density at radius 3 is 2.43 bits per heavy atom. The van der Waals surface area contributed by atoms with E-state index in [0.29, 0.717) is 0 Å². The molecule has 1 saturated carbocycles. The molecule has 2 aliphatic heterocycles. The summed E-state index contributed by atoms with van der Waals surface area (Å²) in [5.41, 5.74) is 1.42. The Hall–Kier alpha value is -0.570. The lowest BCUT2D eigenvalue weighted by Crippen LogP contribution is -2.59. The SMILES string of the molecule is Clc1ccc(CN2CCN3CCCC3C2C2CCCCC2)cc1. The lowest BCUT2D eigenvalue weighted by Gasteiger charge is -2.49. The first-order valence-electron chi connectivity index (χ1n) is 9.54. The Morgan fingerprint density at radius 1 is 0.870 bits per heavy atom. The van der Waals surface area contributed by atoms with Crippen LogP contribution in [0.15, 0.2) is 24.3 Å². The van der Waals surface area contributed by atoms with E-state index in [9.17, 15) is 0 Å². The van der Waals surface area contributed by atoms with Gasteiger partial charge >= 0.3 is 0 Å². The van der Waals surface area contributed by atoms with Crippen molar-refractivity contribution in [1.29, 1.82) is 0 Å². The van der Waals surface area contributed by atoms with Gasteiger partial charge in [-0.2, -0.15) is 0 Å². The van der Waals surface area contributed by atoms with Crippen molar-refractivity contribution in [3.63, 3.8) is 0 Å². The molecule has 3 fully saturated rings. The van der Waals surface area contributed by atoms with Gasteiger partial charge in [-0.05, 0) is 55.8 Å². The number of piperazine rings is 1. The van der Waals surface area contributed by atoms with Crippen molar-refractivity contribution >= 4 is 11.6 Å². The Balaban J connectivity index is 1.53. The molecule has 1 aromatic rings. The lowest BCUT2D eigenvalue weighted by molar-refractivity contribution is -0.00379. The molecule has 2 saturated heterocycles. The van der Waals surface area contributed by atoms with E-state index in [1.165, 1.54) is 70.1 Å². The van der Waals surface area contributed by atoms with Crippen LogP contribution in [0, 0.1) is 5.92 Å². The van der Waals surface area contributed by atoms with Gasteiger partial charge in [-0.1, -0.05) is 43.0 Å². The van der Waals surface area contributed by atoms with Crippen molar-refractivity contribution < 1.29 is 0 Å². The predicted octanol–water partition coefficient (Wildman–Crippen LogP) is 4.57. The van der Waals surface area contributed by atoms with Gasteiger partial charge in [-0.25, -0.2) is 0 Å². The quantitative estimate of drug-likeness (QED) is 0.800. The summed E-state index contributed by atoms with van der Waals surface area (Å²) in [4.78, 5) is 5.60.